The summed E-state index contributed by atoms with van der Waals surface area (Å²) in [5, 5.41) is 14.5. The van der Waals surface area contributed by atoms with Crippen LogP contribution >= 0.6 is 11.3 Å². The predicted molar refractivity (Wildman–Crippen MR) is 279 cm³/mol. The summed E-state index contributed by atoms with van der Waals surface area (Å²) in [5.74, 6) is 1.88. The van der Waals surface area contributed by atoms with Gasteiger partial charge >= 0.3 is 0 Å². The number of hydrogen-bond donors (Lipinski definition) is 0. The predicted octanol–water partition coefficient (Wildman–Crippen LogP) is 16.6. The van der Waals surface area contributed by atoms with Crippen LogP contribution in [0.25, 0.3) is 136 Å². The highest BCUT2D eigenvalue weighted by Gasteiger charge is 2.22. The minimum Gasteiger partial charge on any atom is -0.309 e. The fraction of sp³-hybridized carbons (Fsp3) is 0. The van der Waals surface area contributed by atoms with Crippen LogP contribution in [0.2, 0.25) is 0 Å². The maximum Gasteiger partial charge on any atom is 0.164 e. The first-order chi connectivity index (χ1) is 32.7. The summed E-state index contributed by atoms with van der Waals surface area (Å²) < 4.78 is 5.01. The van der Waals surface area contributed by atoms with E-state index in [1.165, 1.54) is 63.3 Å². The van der Waals surface area contributed by atoms with E-state index in [1.54, 1.807) is 0 Å². The Morgan fingerprint density at radius 3 is 1.50 bits per heavy atom. The average Bonchev–Trinajstić information content (AvgIpc) is 3.93. The summed E-state index contributed by atoms with van der Waals surface area (Å²) in [6.07, 6.45) is 0. The minimum absolute atomic E-state index is 0.616. The number of rotatable bonds is 5. The van der Waals surface area contributed by atoms with E-state index >= 15 is 0 Å². The second-order valence-electron chi connectivity index (χ2n) is 17.2. The Balaban J connectivity index is 1.07. The van der Waals surface area contributed by atoms with Crippen molar-refractivity contribution in [2.45, 2.75) is 0 Å². The lowest BCUT2D eigenvalue weighted by atomic mass is 9.95. The lowest BCUT2D eigenvalue weighted by molar-refractivity contribution is 1.07. The third kappa shape index (κ3) is 5.80. The number of hydrogen-bond acceptors (Lipinski definition) is 4. The first-order valence-electron chi connectivity index (χ1n) is 22.3. The topological polar surface area (TPSA) is 43.6 Å². The van der Waals surface area contributed by atoms with E-state index in [1.807, 2.05) is 11.3 Å². The Kier molecular flexibility index (Phi) is 8.12. The molecule has 14 aromatic rings. The molecule has 66 heavy (non-hydrogen) atoms. The summed E-state index contributed by atoms with van der Waals surface area (Å²) in [4.78, 5) is 15.9. The largest absolute Gasteiger partial charge is 0.309 e. The second-order valence-corrected chi connectivity index (χ2v) is 18.3. The Hall–Kier alpha value is -8.51. The van der Waals surface area contributed by atoms with Crippen LogP contribution in [0.5, 0.6) is 0 Å². The normalized spacial score (nSPS) is 11.9. The van der Waals surface area contributed by atoms with Gasteiger partial charge in [0.15, 0.2) is 17.5 Å². The van der Waals surface area contributed by atoms with Gasteiger partial charge in [-0.25, -0.2) is 15.0 Å². The molecule has 0 aliphatic rings. The molecule has 0 spiro atoms. The van der Waals surface area contributed by atoms with Gasteiger partial charge in [-0.15, -0.1) is 11.3 Å². The highest BCUT2D eigenvalue weighted by molar-refractivity contribution is 7.25. The molecular weight excluding hydrogens is 821 g/mol. The number of nitrogens with zero attached hydrogens (tertiary/aromatic N) is 4. The van der Waals surface area contributed by atoms with Crippen LogP contribution in [0.4, 0.5) is 0 Å². The maximum absolute atomic E-state index is 5.34. The third-order valence-corrected chi connectivity index (χ3v) is 14.5. The zero-order valence-corrected chi connectivity index (χ0v) is 36.3. The van der Waals surface area contributed by atoms with Gasteiger partial charge in [-0.1, -0.05) is 158 Å². The fourth-order valence-electron chi connectivity index (χ4n) is 10.2. The van der Waals surface area contributed by atoms with Crippen LogP contribution in [0.15, 0.2) is 218 Å². The molecule has 0 amide bonds. The average molecular weight is 857 g/mol. The second kappa shape index (κ2) is 14.5. The van der Waals surface area contributed by atoms with Crippen molar-refractivity contribution in [2.24, 2.45) is 0 Å². The van der Waals surface area contributed by atoms with Crippen molar-refractivity contribution in [3.8, 4) is 51.0 Å². The van der Waals surface area contributed by atoms with Gasteiger partial charge in [0.2, 0.25) is 0 Å². The van der Waals surface area contributed by atoms with Gasteiger partial charge in [0.1, 0.15) is 0 Å². The molecular formula is C61H36N4S. The van der Waals surface area contributed by atoms with Crippen LogP contribution in [-0.4, -0.2) is 19.5 Å². The summed E-state index contributed by atoms with van der Waals surface area (Å²) in [6.45, 7) is 0. The zero-order chi connectivity index (χ0) is 43.3. The molecule has 4 nitrogen and oxygen atoms in total. The molecule has 5 heteroatoms. The highest BCUT2D eigenvalue weighted by Crippen LogP contribution is 2.46. The number of aromatic nitrogens is 4. The molecule has 0 fully saturated rings. The SMILES string of the molecule is c1ccc2cc(-c3nc(-c4ccc(-n5c6cc7ccccc7cc6c6c7ccccc7ccc65)c(-c5cccc6sc7ccccc7c56)c4)nc(-c4ccc5ccccc5c4)n3)ccc2c1. The molecule has 0 unspecified atom stereocenters. The van der Waals surface area contributed by atoms with E-state index in [0.29, 0.717) is 17.5 Å². The van der Waals surface area contributed by atoms with Crippen LogP contribution < -0.4 is 0 Å². The molecule has 11 aromatic carbocycles. The summed E-state index contributed by atoms with van der Waals surface area (Å²) in [5.41, 5.74) is 8.46. The molecule has 306 valence electrons. The Labute approximate surface area is 383 Å². The molecule has 0 aliphatic heterocycles. The van der Waals surface area contributed by atoms with E-state index < -0.39 is 0 Å². The van der Waals surface area contributed by atoms with Crippen molar-refractivity contribution in [3.05, 3.63) is 218 Å². The molecule has 0 saturated heterocycles. The number of benzene rings is 11. The Morgan fingerprint density at radius 1 is 0.303 bits per heavy atom. The molecule has 14 rings (SSSR count). The zero-order valence-electron chi connectivity index (χ0n) is 35.5. The van der Waals surface area contributed by atoms with Crippen LogP contribution in [0.1, 0.15) is 0 Å². The van der Waals surface area contributed by atoms with Crippen molar-refractivity contribution in [1.82, 2.24) is 19.5 Å². The van der Waals surface area contributed by atoms with Crippen molar-refractivity contribution in [2.75, 3.05) is 0 Å². The lowest BCUT2D eigenvalue weighted by Crippen LogP contribution is -2.02. The molecule has 0 radical (unpaired) electrons. The van der Waals surface area contributed by atoms with Crippen molar-refractivity contribution < 1.29 is 0 Å². The highest BCUT2D eigenvalue weighted by atomic mass is 32.1. The van der Waals surface area contributed by atoms with Gasteiger partial charge in [0, 0.05) is 53.2 Å². The van der Waals surface area contributed by atoms with E-state index in [2.05, 4.69) is 223 Å². The van der Waals surface area contributed by atoms with Gasteiger partial charge < -0.3 is 4.57 Å². The monoisotopic (exact) mass is 856 g/mol. The van der Waals surface area contributed by atoms with E-state index in [0.717, 1.165) is 55.3 Å². The van der Waals surface area contributed by atoms with E-state index in [4.69, 9.17) is 15.0 Å². The van der Waals surface area contributed by atoms with Crippen molar-refractivity contribution in [1.29, 1.82) is 0 Å². The molecule has 0 aliphatic carbocycles. The molecule has 0 atom stereocenters. The van der Waals surface area contributed by atoms with E-state index in [-0.39, 0.29) is 0 Å². The van der Waals surface area contributed by atoms with Crippen LogP contribution in [-0.2, 0) is 0 Å². The van der Waals surface area contributed by atoms with Gasteiger partial charge in [-0.05, 0) is 109 Å². The quantitative estimate of drug-likeness (QED) is 0.173. The van der Waals surface area contributed by atoms with Crippen molar-refractivity contribution >= 4 is 96.4 Å². The lowest BCUT2D eigenvalue weighted by Gasteiger charge is -2.17. The third-order valence-electron chi connectivity index (χ3n) is 13.4. The molecule has 0 bridgehead atoms. The van der Waals surface area contributed by atoms with Crippen LogP contribution in [0.3, 0.4) is 0 Å². The standard InChI is InChI=1S/C61H36N4S/c1-3-15-40-32-44(26-24-37(40)12-1)59-62-60(45-27-25-38-13-2-4-16-41(38)33-45)64-61(63-59)46-29-30-52(50(35-46)48-21-11-23-56-58(48)49-20-9-10-22-55(49)66-56)65-53-31-28-39-14-7-8-19-47(39)57(53)51-34-42-17-5-6-18-43(42)36-54(51)65/h1-36H. The Bertz CT molecular complexity index is 4210. The van der Waals surface area contributed by atoms with E-state index in [9.17, 15) is 0 Å². The maximum atomic E-state index is 5.34. The van der Waals surface area contributed by atoms with Crippen molar-refractivity contribution in [3.63, 3.8) is 0 Å². The smallest absolute Gasteiger partial charge is 0.164 e. The van der Waals surface area contributed by atoms with Gasteiger partial charge in [0.05, 0.1) is 16.7 Å². The van der Waals surface area contributed by atoms with Crippen LogP contribution in [0, 0.1) is 0 Å². The number of fused-ring (bicyclic) bond motifs is 11. The minimum atomic E-state index is 0.616. The molecule has 3 aromatic heterocycles. The first kappa shape index (κ1) is 36.9. The van der Waals surface area contributed by atoms with Gasteiger partial charge in [-0.3, -0.25) is 0 Å². The molecule has 3 heterocycles. The Morgan fingerprint density at radius 2 is 0.818 bits per heavy atom. The molecule has 0 N–H and O–H groups in total. The van der Waals surface area contributed by atoms with Gasteiger partial charge in [-0.2, -0.15) is 0 Å². The summed E-state index contributed by atoms with van der Waals surface area (Å²) in [7, 11) is 0. The van der Waals surface area contributed by atoms with Gasteiger partial charge in [0.25, 0.3) is 0 Å². The fourth-order valence-corrected chi connectivity index (χ4v) is 11.4. The first-order valence-corrected chi connectivity index (χ1v) is 23.1. The summed E-state index contributed by atoms with van der Waals surface area (Å²) in [6, 6.07) is 78.9. The number of thiophene rings is 1. The summed E-state index contributed by atoms with van der Waals surface area (Å²) >= 11 is 1.84. The molecule has 0 saturated carbocycles.